The first-order valence-corrected chi connectivity index (χ1v) is 7.54. The standard InChI is InChI=1S/C16H22N4O/c1-16(2,11-7-9-17-10-8-11)18-15(21)14-12-5-3-4-6-13(12)19-20-14/h3-6,11,17H,7-10H2,1-2H3,(H,18,21)(H,19,20). The normalized spacial score (nSPS) is 17.0. The number of para-hydroxylation sites is 1. The molecule has 1 fully saturated rings. The molecule has 2 aromatic rings. The highest BCUT2D eigenvalue weighted by molar-refractivity contribution is 6.04. The Morgan fingerprint density at radius 2 is 2.00 bits per heavy atom. The second kappa shape index (κ2) is 5.48. The van der Waals surface area contributed by atoms with Crippen molar-refractivity contribution in [3.63, 3.8) is 0 Å². The van der Waals surface area contributed by atoms with Crippen LogP contribution < -0.4 is 10.6 Å². The monoisotopic (exact) mass is 286 g/mol. The molecular weight excluding hydrogens is 264 g/mol. The van der Waals surface area contributed by atoms with Gasteiger partial charge in [0.15, 0.2) is 5.69 Å². The van der Waals surface area contributed by atoms with Crippen LogP contribution in [0.1, 0.15) is 37.2 Å². The van der Waals surface area contributed by atoms with Crippen molar-refractivity contribution in [1.82, 2.24) is 20.8 Å². The van der Waals surface area contributed by atoms with E-state index in [9.17, 15) is 4.79 Å². The van der Waals surface area contributed by atoms with E-state index in [-0.39, 0.29) is 11.4 Å². The third-order valence-electron chi connectivity index (χ3n) is 4.48. The summed E-state index contributed by atoms with van der Waals surface area (Å²) in [6.45, 7) is 6.26. The highest BCUT2D eigenvalue weighted by atomic mass is 16.2. The molecule has 3 N–H and O–H groups in total. The SMILES string of the molecule is CC(C)(NC(=O)c1n[nH]c2ccccc12)C1CCNCC1. The molecule has 1 saturated heterocycles. The molecule has 0 saturated carbocycles. The second-order valence-electron chi connectivity index (χ2n) is 6.32. The zero-order valence-electron chi connectivity index (χ0n) is 12.6. The van der Waals surface area contributed by atoms with Gasteiger partial charge in [-0.3, -0.25) is 9.89 Å². The minimum Gasteiger partial charge on any atom is -0.345 e. The second-order valence-corrected chi connectivity index (χ2v) is 6.32. The van der Waals surface area contributed by atoms with Gasteiger partial charge < -0.3 is 10.6 Å². The van der Waals surface area contributed by atoms with E-state index in [4.69, 9.17) is 0 Å². The molecule has 2 heterocycles. The highest BCUT2D eigenvalue weighted by Gasteiger charge is 2.32. The number of rotatable bonds is 3. The Morgan fingerprint density at radius 1 is 1.29 bits per heavy atom. The first-order chi connectivity index (χ1) is 10.1. The van der Waals surface area contributed by atoms with Crippen molar-refractivity contribution in [2.24, 2.45) is 5.92 Å². The van der Waals surface area contributed by atoms with Crippen LogP contribution in [0.3, 0.4) is 0 Å². The Hall–Kier alpha value is -1.88. The molecule has 5 nitrogen and oxygen atoms in total. The molecule has 0 atom stereocenters. The molecule has 0 bridgehead atoms. The lowest BCUT2D eigenvalue weighted by Crippen LogP contribution is -2.52. The van der Waals surface area contributed by atoms with Crippen LogP contribution in [0.25, 0.3) is 10.9 Å². The van der Waals surface area contributed by atoms with Crippen molar-refractivity contribution in [1.29, 1.82) is 0 Å². The van der Waals surface area contributed by atoms with Crippen LogP contribution in [0.2, 0.25) is 0 Å². The van der Waals surface area contributed by atoms with Crippen molar-refractivity contribution < 1.29 is 4.79 Å². The number of carbonyl (C=O) groups is 1. The lowest BCUT2D eigenvalue weighted by atomic mass is 9.80. The maximum atomic E-state index is 12.6. The molecule has 0 radical (unpaired) electrons. The van der Waals surface area contributed by atoms with Crippen molar-refractivity contribution >= 4 is 16.8 Å². The Balaban J connectivity index is 1.79. The smallest absolute Gasteiger partial charge is 0.272 e. The van der Waals surface area contributed by atoms with E-state index < -0.39 is 0 Å². The molecule has 1 aliphatic rings. The molecule has 1 aromatic heterocycles. The van der Waals surface area contributed by atoms with Crippen LogP contribution >= 0.6 is 0 Å². The summed E-state index contributed by atoms with van der Waals surface area (Å²) in [5.41, 5.74) is 1.15. The number of carbonyl (C=O) groups excluding carboxylic acids is 1. The number of nitrogens with one attached hydrogen (secondary N) is 3. The third kappa shape index (κ3) is 2.78. The molecule has 0 spiro atoms. The number of fused-ring (bicyclic) bond motifs is 1. The zero-order chi connectivity index (χ0) is 14.9. The largest absolute Gasteiger partial charge is 0.345 e. The summed E-state index contributed by atoms with van der Waals surface area (Å²) in [6, 6.07) is 7.70. The molecule has 0 unspecified atom stereocenters. The first kappa shape index (κ1) is 14.1. The van der Waals surface area contributed by atoms with Crippen LogP contribution in [0.15, 0.2) is 24.3 Å². The molecule has 1 amide bonds. The summed E-state index contributed by atoms with van der Waals surface area (Å²) in [5, 5.41) is 14.5. The minimum absolute atomic E-state index is 0.101. The van der Waals surface area contributed by atoms with Gasteiger partial charge in [0.25, 0.3) is 5.91 Å². The zero-order valence-corrected chi connectivity index (χ0v) is 12.6. The number of benzene rings is 1. The summed E-state index contributed by atoms with van der Waals surface area (Å²) in [6.07, 6.45) is 2.18. The van der Waals surface area contributed by atoms with Crippen LogP contribution in [-0.4, -0.2) is 34.7 Å². The number of hydrogen-bond acceptors (Lipinski definition) is 3. The summed E-state index contributed by atoms with van der Waals surface area (Å²) >= 11 is 0. The Kier molecular flexibility index (Phi) is 3.68. The summed E-state index contributed by atoms with van der Waals surface area (Å²) in [7, 11) is 0. The van der Waals surface area contributed by atoms with Gasteiger partial charge in [0.1, 0.15) is 0 Å². The quantitative estimate of drug-likeness (QED) is 0.809. The van der Waals surface area contributed by atoms with Gasteiger partial charge >= 0.3 is 0 Å². The summed E-state index contributed by atoms with van der Waals surface area (Å²) in [5.74, 6) is 0.392. The third-order valence-corrected chi connectivity index (χ3v) is 4.48. The van der Waals surface area contributed by atoms with Gasteiger partial charge in [0.2, 0.25) is 0 Å². The lowest BCUT2D eigenvalue weighted by Gasteiger charge is -2.37. The van der Waals surface area contributed by atoms with Gasteiger partial charge in [-0.25, -0.2) is 0 Å². The average molecular weight is 286 g/mol. The number of aromatic nitrogens is 2. The molecule has 1 aromatic carbocycles. The fourth-order valence-electron chi connectivity index (χ4n) is 3.13. The molecule has 112 valence electrons. The number of piperidine rings is 1. The summed E-state index contributed by atoms with van der Waals surface area (Å²) in [4.78, 5) is 12.6. The van der Waals surface area contributed by atoms with Crippen molar-refractivity contribution in [2.75, 3.05) is 13.1 Å². The molecule has 21 heavy (non-hydrogen) atoms. The van der Waals surface area contributed by atoms with Crippen molar-refractivity contribution in [3.8, 4) is 0 Å². The van der Waals surface area contributed by atoms with Gasteiger partial charge in [-0.1, -0.05) is 18.2 Å². The Labute approximate surface area is 124 Å². The van der Waals surface area contributed by atoms with Gasteiger partial charge in [-0.15, -0.1) is 0 Å². The van der Waals surface area contributed by atoms with Gasteiger partial charge in [0, 0.05) is 10.9 Å². The van der Waals surface area contributed by atoms with E-state index in [0.717, 1.165) is 36.8 Å². The predicted molar refractivity (Wildman–Crippen MR) is 83.2 cm³/mol. The van der Waals surface area contributed by atoms with Gasteiger partial charge in [0.05, 0.1) is 5.52 Å². The topological polar surface area (TPSA) is 69.8 Å². The van der Waals surface area contributed by atoms with Gasteiger partial charge in [-0.05, 0) is 51.8 Å². The maximum absolute atomic E-state index is 12.6. The van der Waals surface area contributed by atoms with E-state index in [0.29, 0.717) is 11.6 Å². The lowest BCUT2D eigenvalue weighted by molar-refractivity contribution is 0.0859. The molecule has 3 rings (SSSR count). The van der Waals surface area contributed by atoms with E-state index in [2.05, 4.69) is 34.7 Å². The number of hydrogen-bond donors (Lipinski definition) is 3. The maximum Gasteiger partial charge on any atom is 0.272 e. The van der Waals surface area contributed by atoms with Crippen LogP contribution in [0.4, 0.5) is 0 Å². The minimum atomic E-state index is -0.223. The molecule has 5 heteroatoms. The number of aromatic amines is 1. The van der Waals surface area contributed by atoms with E-state index in [1.807, 2.05) is 24.3 Å². The average Bonchev–Trinajstić information content (AvgIpc) is 2.92. The van der Waals surface area contributed by atoms with Crippen LogP contribution in [0, 0.1) is 5.92 Å². The Morgan fingerprint density at radius 3 is 2.76 bits per heavy atom. The van der Waals surface area contributed by atoms with Crippen molar-refractivity contribution in [3.05, 3.63) is 30.0 Å². The number of H-pyrrole nitrogens is 1. The molecule has 0 aliphatic carbocycles. The van der Waals surface area contributed by atoms with Crippen LogP contribution in [0.5, 0.6) is 0 Å². The first-order valence-electron chi connectivity index (χ1n) is 7.54. The molecular formula is C16H22N4O. The molecule has 1 aliphatic heterocycles. The van der Waals surface area contributed by atoms with Crippen LogP contribution in [-0.2, 0) is 0 Å². The van der Waals surface area contributed by atoms with E-state index >= 15 is 0 Å². The highest BCUT2D eigenvalue weighted by Crippen LogP contribution is 2.26. The van der Waals surface area contributed by atoms with Gasteiger partial charge in [-0.2, -0.15) is 5.10 Å². The number of nitrogens with zero attached hydrogens (tertiary/aromatic N) is 1. The van der Waals surface area contributed by atoms with E-state index in [1.165, 1.54) is 0 Å². The fraction of sp³-hybridized carbons (Fsp3) is 0.500. The number of amides is 1. The van der Waals surface area contributed by atoms with E-state index in [1.54, 1.807) is 0 Å². The fourth-order valence-corrected chi connectivity index (χ4v) is 3.13. The Bertz CT molecular complexity index is 641. The van der Waals surface area contributed by atoms with Crippen molar-refractivity contribution in [2.45, 2.75) is 32.2 Å². The predicted octanol–water partition coefficient (Wildman–Crippen LogP) is 2.07. The summed E-state index contributed by atoms with van der Waals surface area (Å²) < 4.78 is 0.